The number of carbonyl (C=O) groups excluding carboxylic acids is 1. The molecule has 0 bridgehead atoms. The number of morpholine rings is 1. The number of hydrogen-bond acceptors (Lipinski definition) is 6. The molecule has 4 aliphatic carbocycles. The van der Waals surface area contributed by atoms with Crippen LogP contribution in [0.1, 0.15) is 77.7 Å². The maximum absolute atomic E-state index is 12.5. The minimum Gasteiger partial charge on any atom is -0.391 e. The topological polar surface area (TPSA) is 104 Å². The summed E-state index contributed by atoms with van der Waals surface area (Å²) >= 11 is 0. The molecule has 0 aromatic heterocycles. The van der Waals surface area contributed by atoms with Crippen molar-refractivity contribution >= 4 is 15.9 Å². The summed E-state index contributed by atoms with van der Waals surface area (Å²) in [6, 6.07) is 10.9. The molecule has 1 aliphatic heterocycles. The van der Waals surface area contributed by atoms with Crippen molar-refractivity contribution < 1.29 is 27.6 Å². The first-order chi connectivity index (χ1) is 19.3. The van der Waals surface area contributed by atoms with E-state index in [1.807, 2.05) is 6.92 Å². The summed E-state index contributed by atoms with van der Waals surface area (Å²) in [5.74, 6) is 3.57. The predicted octanol–water partition coefficient (Wildman–Crippen LogP) is 5.02. The number of rotatable bonds is 4. The van der Waals surface area contributed by atoms with Crippen LogP contribution >= 0.6 is 0 Å². The summed E-state index contributed by atoms with van der Waals surface area (Å²) in [6.45, 7) is 9.50. The number of fused-ring (bicyclic) bond motifs is 5. The van der Waals surface area contributed by atoms with E-state index < -0.39 is 10.1 Å². The Balaban J connectivity index is 0.000000623. The van der Waals surface area contributed by atoms with Gasteiger partial charge in [-0.3, -0.25) is 14.2 Å². The van der Waals surface area contributed by atoms with Crippen molar-refractivity contribution in [2.45, 2.75) is 96.8 Å². The highest BCUT2D eigenvalue weighted by molar-refractivity contribution is 7.85. The first kappa shape index (κ1) is 31.1. The zero-order valence-electron chi connectivity index (χ0n) is 25.4. The third kappa shape index (κ3) is 6.47. The van der Waals surface area contributed by atoms with E-state index in [4.69, 9.17) is 9.29 Å². The number of aliphatic hydroxyl groups is 1. The van der Waals surface area contributed by atoms with Gasteiger partial charge in [-0.15, -0.1) is 0 Å². The van der Waals surface area contributed by atoms with Crippen LogP contribution in [0.4, 0.5) is 0 Å². The number of benzene rings is 1. The maximum atomic E-state index is 12.5. The molecule has 1 saturated heterocycles. The van der Waals surface area contributed by atoms with E-state index in [1.54, 1.807) is 0 Å². The maximum Gasteiger partial charge on any atom is 0.261 e. The highest BCUT2D eigenvalue weighted by Gasteiger charge is 2.62. The summed E-state index contributed by atoms with van der Waals surface area (Å²) in [4.78, 5) is 15.1. The van der Waals surface area contributed by atoms with Crippen molar-refractivity contribution in [2.75, 3.05) is 26.0 Å². The number of ether oxygens (including phenoxy) is 1. The predicted molar refractivity (Wildman–Crippen MR) is 160 cm³/mol. The van der Waals surface area contributed by atoms with Crippen molar-refractivity contribution in [1.82, 2.24) is 4.90 Å². The van der Waals surface area contributed by atoms with Crippen molar-refractivity contribution in [3.8, 4) is 0 Å². The molecule has 1 aromatic rings. The molecule has 41 heavy (non-hydrogen) atoms. The molecule has 10 atom stereocenters. The van der Waals surface area contributed by atoms with Crippen molar-refractivity contribution in [2.24, 2.45) is 40.4 Å². The van der Waals surface area contributed by atoms with Crippen LogP contribution in [0.15, 0.2) is 30.3 Å². The van der Waals surface area contributed by atoms with Gasteiger partial charge < -0.3 is 9.84 Å². The average molecular weight is 590 g/mol. The van der Waals surface area contributed by atoms with E-state index in [2.05, 4.69) is 49.1 Å². The molecule has 230 valence electrons. The first-order valence-electron chi connectivity index (χ1n) is 15.8. The summed E-state index contributed by atoms with van der Waals surface area (Å²) in [5, 5.41) is 11.4. The van der Waals surface area contributed by atoms with Gasteiger partial charge in [0, 0.05) is 25.0 Å². The Morgan fingerprint density at radius 3 is 2.41 bits per heavy atom. The Morgan fingerprint density at radius 2 is 1.73 bits per heavy atom. The molecular weight excluding hydrogens is 538 g/mol. The second kappa shape index (κ2) is 12.0. The second-order valence-corrected chi connectivity index (χ2v) is 15.9. The van der Waals surface area contributed by atoms with Gasteiger partial charge in [0.25, 0.3) is 10.1 Å². The Morgan fingerprint density at radius 1 is 1.05 bits per heavy atom. The number of hydrogen-bond donors (Lipinski definition) is 2. The van der Waals surface area contributed by atoms with Gasteiger partial charge in [-0.05, 0) is 105 Å². The molecule has 4 saturated carbocycles. The number of nitrogens with zero attached hydrogens (tertiary/aromatic N) is 1. The van der Waals surface area contributed by atoms with Gasteiger partial charge in [0.2, 0.25) is 0 Å². The molecule has 5 aliphatic rings. The summed E-state index contributed by atoms with van der Waals surface area (Å²) in [6.07, 6.45) is 11.1. The Hall–Kier alpha value is -1.32. The first-order valence-corrected chi connectivity index (χ1v) is 17.6. The van der Waals surface area contributed by atoms with E-state index in [9.17, 15) is 18.3 Å². The molecule has 1 aromatic carbocycles. The van der Waals surface area contributed by atoms with Gasteiger partial charge >= 0.3 is 0 Å². The lowest BCUT2D eigenvalue weighted by Crippen LogP contribution is -2.61. The van der Waals surface area contributed by atoms with Crippen LogP contribution in [0.3, 0.4) is 0 Å². The van der Waals surface area contributed by atoms with E-state index in [0.29, 0.717) is 29.3 Å². The third-order valence-electron chi connectivity index (χ3n) is 12.1. The van der Waals surface area contributed by atoms with Gasteiger partial charge in [-0.25, -0.2) is 0 Å². The standard InChI is InChI=1S/C32H47NO3.CH4O3S/c1-21(34)26-11-12-27-25-10-9-23-18-30(35)29(19-32(23,3)28(25)13-14-31(26,27)2)33-15-16-36-24(20-33)17-22-7-5-4-6-8-22;1-5(2,3)4/h4-8,23-30,35H,9-20H2,1-3H3;1H3,(H,2,3,4)/t23-,24+,25-,26+,27-,28-,29-,30-,31+,32-;/m0./s1. The van der Waals surface area contributed by atoms with Gasteiger partial charge in [0.05, 0.1) is 25.1 Å². The Labute approximate surface area is 247 Å². The fourth-order valence-electron chi connectivity index (χ4n) is 10.4. The van der Waals surface area contributed by atoms with Crippen molar-refractivity contribution in [1.29, 1.82) is 0 Å². The van der Waals surface area contributed by atoms with Crippen LogP contribution in [-0.2, 0) is 26.1 Å². The molecule has 0 spiro atoms. The summed E-state index contributed by atoms with van der Waals surface area (Å²) in [7, 11) is -3.67. The van der Waals surface area contributed by atoms with Gasteiger partial charge in [-0.1, -0.05) is 44.2 Å². The van der Waals surface area contributed by atoms with Crippen molar-refractivity contribution in [3.05, 3.63) is 35.9 Å². The molecule has 7 nitrogen and oxygen atoms in total. The van der Waals surface area contributed by atoms with Crippen molar-refractivity contribution in [3.63, 3.8) is 0 Å². The number of ketones is 1. The van der Waals surface area contributed by atoms with Gasteiger partial charge in [0.1, 0.15) is 5.78 Å². The minimum atomic E-state index is -3.67. The molecule has 0 radical (unpaired) electrons. The van der Waals surface area contributed by atoms with Crippen LogP contribution in [0.2, 0.25) is 0 Å². The smallest absolute Gasteiger partial charge is 0.261 e. The normalized spacial score (nSPS) is 42.7. The monoisotopic (exact) mass is 589 g/mol. The quantitative estimate of drug-likeness (QED) is 0.475. The van der Waals surface area contributed by atoms with Crippen LogP contribution < -0.4 is 0 Å². The lowest BCUT2D eigenvalue weighted by atomic mass is 9.44. The lowest BCUT2D eigenvalue weighted by Gasteiger charge is -2.62. The highest BCUT2D eigenvalue weighted by atomic mass is 32.2. The summed E-state index contributed by atoms with van der Waals surface area (Å²) in [5.41, 5.74) is 1.86. The minimum absolute atomic E-state index is 0.204. The lowest BCUT2D eigenvalue weighted by molar-refractivity contribution is -0.160. The van der Waals surface area contributed by atoms with Crippen LogP contribution in [0.5, 0.6) is 0 Å². The average Bonchev–Trinajstić information content (AvgIpc) is 3.26. The van der Waals surface area contributed by atoms with E-state index in [1.165, 1.54) is 37.7 Å². The van der Waals surface area contributed by atoms with E-state index >= 15 is 0 Å². The van der Waals surface area contributed by atoms with Crippen LogP contribution in [-0.4, -0.2) is 73.0 Å². The van der Waals surface area contributed by atoms with Crippen LogP contribution in [0, 0.1) is 40.4 Å². The Kier molecular flexibility index (Phi) is 9.10. The highest BCUT2D eigenvalue weighted by Crippen LogP contribution is 2.67. The molecule has 1 heterocycles. The van der Waals surface area contributed by atoms with Gasteiger partial charge in [0.15, 0.2) is 0 Å². The van der Waals surface area contributed by atoms with Gasteiger partial charge in [-0.2, -0.15) is 8.42 Å². The zero-order valence-corrected chi connectivity index (χ0v) is 26.2. The number of carbonyl (C=O) groups is 1. The molecule has 5 fully saturated rings. The van der Waals surface area contributed by atoms with E-state index in [-0.39, 0.29) is 29.6 Å². The third-order valence-corrected chi connectivity index (χ3v) is 12.1. The SMILES string of the molecule is CC(=O)[C@H]1CC[C@H]2[C@@H]3CC[C@H]4C[C@H](O)[C@@H](N5CCO[C@H](Cc6ccccc6)C5)C[C@]4(C)[C@H]3CC[C@]12C.CS(=O)(=O)O. The fraction of sp³-hybridized carbons (Fsp3) is 0.788. The molecule has 8 heteroatoms. The fourth-order valence-corrected chi connectivity index (χ4v) is 10.4. The molecule has 2 N–H and O–H groups in total. The number of aliphatic hydroxyl groups excluding tert-OH is 1. The number of Topliss-reactive ketones (excluding diaryl/α,β-unsaturated/α-hetero) is 1. The molecule has 6 rings (SSSR count). The van der Waals surface area contributed by atoms with Crippen LogP contribution in [0.25, 0.3) is 0 Å². The van der Waals surface area contributed by atoms with E-state index in [0.717, 1.165) is 57.2 Å². The molecular formula is C33H51NO6S. The molecule has 0 unspecified atom stereocenters. The summed E-state index contributed by atoms with van der Waals surface area (Å²) < 4.78 is 32.1. The zero-order chi connectivity index (χ0) is 29.6. The largest absolute Gasteiger partial charge is 0.391 e. The Bertz CT molecular complexity index is 1170. The molecule has 0 amide bonds. The second-order valence-electron chi connectivity index (χ2n) is 14.4.